The van der Waals surface area contributed by atoms with Crippen molar-refractivity contribution in [2.24, 2.45) is 0 Å². The van der Waals surface area contributed by atoms with Crippen LogP contribution < -0.4 is 10.2 Å². The van der Waals surface area contributed by atoms with Gasteiger partial charge in [-0.25, -0.2) is 4.79 Å². The van der Waals surface area contributed by atoms with Gasteiger partial charge in [-0.3, -0.25) is 9.80 Å². The lowest BCUT2D eigenvalue weighted by molar-refractivity contribution is -0.0123. The number of hydrogen-bond acceptors (Lipinski definition) is 4. The number of fused-ring (bicyclic) bond motifs is 1. The highest BCUT2D eigenvalue weighted by Gasteiger charge is 2.41. The van der Waals surface area contributed by atoms with E-state index in [1.54, 1.807) is 0 Å². The highest BCUT2D eigenvalue weighted by molar-refractivity contribution is 7.99. The summed E-state index contributed by atoms with van der Waals surface area (Å²) in [5.41, 5.74) is 2.44. The number of amides is 2. The Morgan fingerprint density at radius 2 is 2.08 bits per heavy atom. The zero-order chi connectivity index (χ0) is 16.4. The van der Waals surface area contributed by atoms with Crippen molar-refractivity contribution in [3.63, 3.8) is 0 Å². The van der Waals surface area contributed by atoms with Gasteiger partial charge in [0.15, 0.2) is 0 Å². The van der Waals surface area contributed by atoms with Crippen LogP contribution in [-0.2, 0) is 11.2 Å². The third-order valence-electron chi connectivity index (χ3n) is 5.47. The number of thioether (sulfide) groups is 1. The first-order chi connectivity index (χ1) is 11.8. The fraction of sp³-hybridized carbons (Fsp3) is 0.611. The summed E-state index contributed by atoms with van der Waals surface area (Å²) in [4.78, 5) is 17.2. The van der Waals surface area contributed by atoms with Crippen molar-refractivity contribution >= 4 is 23.5 Å². The third-order valence-corrected chi connectivity index (χ3v) is 6.70. The molecule has 4 rings (SSSR count). The molecule has 2 amide bonds. The Kier molecular flexibility index (Phi) is 4.70. The van der Waals surface area contributed by atoms with Crippen LogP contribution in [0.15, 0.2) is 24.3 Å². The zero-order valence-electron chi connectivity index (χ0n) is 14.0. The van der Waals surface area contributed by atoms with E-state index in [1.807, 2.05) is 34.9 Å². The van der Waals surface area contributed by atoms with Crippen LogP contribution in [0.25, 0.3) is 0 Å². The Bertz CT molecular complexity index is 598. The lowest BCUT2D eigenvalue weighted by Gasteiger charge is -2.43. The minimum absolute atomic E-state index is 0.0458. The molecule has 3 aliphatic rings. The SMILES string of the molecule is O=C(NC[C@@]1(N2CCOCC2)CCSC1)N1CCc2ccccc21. The number of urea groups is 1. The molecular weight excluding hydrogens is 322 g/mol. The predicted molar refractivity (Wildman–Crippen MR) is 98.0 cm³/mol. The molecule has 0 saturated carbocycles. The summed E-state index contributed by atoms with van der Waals surface area (Å²) in [6, 6.07) is 8.26. The number of ether oxygens (including phenoxy) is 1. The van der Waals surface area contributed by atoms with E-state index in [4.69, 9.17) is 4.74 Å². The van der Waals surface area contributed by atoms with Gasteiger partial charge in [-0.05, 0) is 30.2 Å². The molecule has 6 heteroatoms. The molecule has 1 atom stereocenters. The number of hydrogen-bond donors (Lipinski definition) is 1. The van der Waals surface area contributed by atoms with Crippen molar-refractivity contribution in [2.75, 3.05) is 55.8 Å². The van der Waals surface area contributed by atoms with E-state index in [1.165, 1.54) is 11.3 Å². The van der Waals surface area contributed by atoms with E-state index in [0.29, 0.717) is 0 Å². The van der Waals surface area contributed by atoms with E-state index in [0.717, 1.165) is 63.7 Å². The van der Waals surface area contributed by atoms with Crippen molar-refractivity contribution in [2.45, 2.75) is 18.4 Å². The largest absolute Gasteiger partial charge is 0.379 e. The number of nitrogens with zero attached hydrogens (tertiary/aromatic N) is 2. The predicted octanol–water partition coefficient (Wildman–Crippen LogP) is 1.97. The summed E-state index contributed by atoms with van der Waals surface area (Å²) in [6.07, 6.45) is 2.10. The topological polar surface area (TPSA) is 44.8 Å². The van der Waals surface area contributed by atoms with E-state index in [-0.39, 0.29) is 11.6 Å². The maximum atomic E-state index is 12.8. The maximum Gasteiger partial charge on any atom is 0.321 e. The van der Waals surface area contributed by atoms with E-state index in [9.17, 15) is 4.79 Å². The molecule has 0 aromatic heterocycles. The highest BCUT2D eigenvalue weighted by Crippen LogP contribution is 2.34. The third kappa shape index (κ3) is 3.03. The van der Waals surface area contributed by atoms with Crippen molar-refractivity contribution in [3.05, 3.63) is 29.8 Å². The van der Waals surface area contributed by atoms with E-state index < -0.39 is 0 Å². The molecule has 1 N–H and O–H groups in total. The first-order valence-electron chi connectivity index (χ1n) is 8.82. The number of carbonyl (C=O) groups is 1. The lowest BCUT2D eigenvalue weighted by Crippen LogP contribution is -2.60. The van der Waals surface area contributed by atoms with Crippen LogP contribution in [0, 0.1) is 0 Å². The lowest BCUT2D eigenvalue weighted by atomic mass is 9.95. The average Bonchev–Trinajstić information content (AvgIpc) is 3.28. The van der Waals surface area contributed by atoms with Crippen molar-refractivity contribution in [1.29, 1.82) is 0 Å². The normalized spacial score (nSPS) is 27.2. The van der Waals surface area contributed by atoms with Crippen LogP contribution in [0.5, 0.6) is 0 Å². The molecule has 3 heterocycles. The zero-order valence-corrected chi connectivity index (χ0v) is 14.8. The van der Waals surface area contributed by atoms with Crippen molar-refractivity contribution < 1.29 is 9.53 Å². The van der Waals surface area contributed by atoms with Gasteiger partial charge < -0.3 is 10.1 Å². The van der Waals surface area contributed by atoms with Gasteiger partial charge in [0.2, 0.25) is 0 Å². The van der Waals surface area contributed by atoms with Crippen LogP contribution in [0.4, 0.5) is 10.5 Å². The first kappa shape index (κ1) is 16.2. The second-order valence-electron chi connectivity index (χ2n) is 6.82. The number of nitrogens with one attached hydrogen (secondary N) is 1. The molecule has 2 saturated heterocycles. The fourth-order valence-corrected chi connectivity index (χ4v) is 5.50. The molecule has 24 heavy (non-hydrogen) atoms. The molecule has 0 bridgehead atoms. The molecule has 1 aromatic rings. The molecule has 130 valence electrons. The smallest absolute Gasteiger partial charge is 0.321 e. The molecule has 1 aromatic carbocycles. The van der Waals surface area contributed by atoms with E-state index >= 15 is 0 Å². The monoisotopic (exact) mass is 347 g/mol. The summed E-state index contributed by atoms with van der Waals surface area (Å²) in [7, 11) is 0. The number of anilines is 1. The standard InChI is InChI=1S/C18H25N3O2S/c22-17(21-7-5-15-3-1-2-4-16(15)21)19-13-18(6-12-24-14-18)20-8-10-23-11-9-20/h1-4H,5-14H2,(H,19,22)/t18-/m0/s1. The van der Waals surface area contributed by atoms with Crippen LogP contribution in [0.3, 0.4) is 0 Å². The molecular formula is C18H25N3O2S. The van der Waals surface area contributed by atoms with Crippen LogP contribution in [0.1, 0.15) is 12.0 Å². The number of carbonyl (C=O) groups excluding carboxylic acids is 1. The molecule has 0 radical (unpaired) electrons. The summed E-state index contributed by atoms with van der Waals surface area (Å²) in [5, 5.41) is 3.24. The number of rotatable bonds is 3. The summed E-state index contributed by atoms with van der Waals surface area (Å²) in [5.74, 6) is 2.28. The van der Waals surface area contributed by atoms with Gasteiger partial charge >= 0.3 is 6.03 Å². The highest BCUT2D eigenvalue weighted by atomic mass is 32.2. The Morgan fingerprint density at radius 3 is 2.88 bits per heavy atom. The minimum atomic E-state index is 0.0458. The van der Waals surface area contributed by atoms with Crippen molar-refractivity contribution in [3.8, 4) is 0 Å². The van der Waals surface area contributed by atoms with Crippen LogP contribution in [-0.4, -0.2) is 67.4 Å². The molecule has 0 aliphatic carbocycles. The fourth-order valence-electron chi connectivity index (χ4n) is 4.02. The number of benzene rings is 1. The molecule has 3 aliphatic heterocycles. The number of para-hydroxylation sites is 1. The van der Waals surface area contributed by atoms with Gasteiger partial charge in [-0.15, -0.1) is 0 Å². The van der Waals surface area contributed by atoms with Crippen LogP contribution >= 0.6 is 11.8 Å². The van der Waals surface area contributed by atoms with Crippen LogP contribution in [0.2, 0.25) is 0 Å². The molecule has 0 unspecified atom stereocenters. The Balaban J connectivity index is 1.42. The minimum Gasteiger partial charge on any atom is -0.379 e. The quantitative estimate of drug-likeness (QED) is 0.908. The Labute approximate surface area is 147 Å². The summed E-state index contributed by atoms with van der Waals surface area (Å²) in [6.45, 7) is 5.08. The Morgan fingerprint density at radius 1 is 1.25 bits per heavy atom. The second-order valence-corrected chi connectivity index (χ2v) is 7.92. The molecule has 5 nitrogen and oxygen atoms in total. The van der Waals surface area contributed by atoms with Gasteiger partial charge in [0.25, 0.3) is 0 Å². The first-order valence-corrected chi connectivity index (χ1v) is 9.98. The average molecular weight is 347 g/mol. The molecule has 2 fully saturated rings. The maximum absolute atomic E-state index is 12.8. The Hall–Kier alpha value is -1.24. The van der Waals surface area contributed by atoms with Gasteiger partial charge in [-0.2, -0.15) is 11.8 Å². The van der Waals surface area contributed by atoms with Gasteiger partial charge in [-0.1, -0.05) is 18.2 Å². The van der Waals surface area contributed by atoms with Gasteiger partial charge in [0.1, 0.15) is 0 Å². The van der Waals surface area contributed by atoms with Gasteiger partial charge in [0.05, 0.1) is 13.2 Å². The molecule has 0 spiro atoms. The number of morpholine rings is 1. The van der Waals surface area contributed by atoms with E-state index in [2.05, 4.69) is 16.3 Å². The second kappa shape index (κ2) is 6.94. The summed E-state index contributed by atoms with van der Waals surface area (Å²) < 4.78 is 5.51. The summed E-state index contributed by atoms with van der Waals surface area (Å²) >= 11 is 2.00. The van der Waals surface area contributed by atoms with Gasteiger partial charge in [0, 0.05) is 43.2 Å². The van der Waals surface area contributed by atoms with Crippen molar-refractivity contribution in [1.82, 2.24) is 10.2 Å².